The molecule has 4 nitrogen and oxygen atoms in total. The van der Waals surface area contributed by atoms with E-state index in [-0.39, 0.29) is 6.04 Å². The summed E-state index contributed by atoms with van der Waals surface area (Å²) in [5.74, 6) is 0. The first-order chi connectivity index (χ1) is 8.16. The normalized spacial score (nSPS) is 12.9. The highest BCUT2D eigenvalue weighted by molar-refractivity contribution is 5.31. The van der Waals surface area contributed by atoms with Crippen molar-refractivity contribution in [3.05, 3.63) is 48.3 Å². The van der Waals surface area contributed by atoms with Gasteiger partial charge in [0.2, 0.25) is 0 Å². The molecule has 1 aromatic heterocycles. The van der Waals surface area contributed by atoms with Crippen LogP contribution in [0.25, 0.3) is 5.69 Å². The van der Waals surface area contributed by atoms with Crippen LogP contribution in [-0.2, 0) is 0 Å². The second-order valence-corrected chi connectivity index (χ2v) is 4.30. The minimum Gasteiger partial charge on any atom is -0.250 e. The highest BCUT2D eigenvalue weighted by atomic mass is 15.5. The van der Waals surface area contributed by atoms with E-state index in [9.17, 15) is 0 Å². The van der Waals surface area contributed by atoms with Crippen LogP contribution in [0, 0.1) is 0 Å². The van der Waals surface area contributed by atoms with Crippen LogP contribution in [0.15, 0.2) is 42.7 Å². The monoisotopic (exact) mass is 230 g/mol. The van der Waals surface area contributed by atoms with E-state index in [2.05, 4.69) is 23.6 Å². The molecule has 0 spiro atoms. The Bertz CT molecular complexity index is 461. The number of aromatic nitrogens is 2. The van der Waals surface area contributed by atoms with E-state index in [0.717, 1.165) is 5.69 Å². The number of hydrazine groups is 1. The van der Waals surface area contributed by atoms with E-state index < -0.39 is 0 Å². The Morgan fingerprint density at radius 1 is 1.24 bits per heavy atom. The SMILES string of the molecule is CC(NN(C)C)c1cnn(-c2ccccc2)c1. The molecule has 1 unspecified atom stereocenters. The van der Waals surface area contributed by atoms with Crippen molar-refractivity contribution in [2.24, 2.45) is 0 Å². The second kappa shape index (κ2) is 5.12. The van der Waals surface area contributed by atoms with Crippen LogP contribution in [0.1, 0.15) is 18.5 Å². The quantitative estimate of drug-likeness (QED) is 0.816. The lowest BCUT2D eigenvalue weighted by Crippen LogP contribution is -2.32. The highest BCUT2D eigenvalue weighted by Crippen LogP contribution is 2.14. The van der Waals surface area contributed by atoms with Gasteiger partial charge in [-0.2, -0.15) is 5.10 Å². The molecule has 17 heavy (non-hydrogen) atoms. The van der Waals surface area contributed by atoms with E-state index >= 15 is 0 Å². The van der Waals surface area contributed by atoms with Gasteiger partial charge < -0.3 is 0 Å². The third-order valence-electron chi connectivity index (χ3n) is 2.58. The van der Waals surface area contributed by atoms with Gasteiger partial charge in [0, 0.05) is 31.9 Å². The van der Waals surface area contributed by atoms with Gasteiger partial charge in [-0.1, -0.05) is 18.2 Å². The van der Waals surface area contributed by atoms with Gasteiger partial charge in [0.15, 0.2) is 0 Å². The fourth-order valence-corrected chi connectivity index (χ4v) is 1.74. The van der Waals surface area contributed by atoms with Crippen molar-refractivity contribution in [1.82, 2.24) is 20.2 Å². The molecule has 0 saturated heterocycles. The van der Waals surface area contributed by atoms with Crippen LogP contribution < -0.4 is 5.43 Å². The summed E-state index contributed by atoms with van der Waals surface area (Å²) in [6.07, 6.45) is 3.95. The maximum atomic E-state index is 4.37. The fourth-order valence-electron chi connectivity index (χ4n) is 1.74. The summed E-state index contributed by atoms with van der Waals surface area (Å²) >= 11 is 0. The van der Waals surface area contributed by atoms with Crippen molar-refractivity contribution < 1.29 is 0 Å². The molecular weight excluding hydrogens is 212 g/mol. The molecule has 0 aliphatic carbocycles. The van der Waals surface area contributed by atoms with Gasteiger partial charge in [-0.15, -0.1) is 0 Å². The van der Waals surface area contributed by atoms with Crippen LogP contribution in [0.3, 0.4) is 0 Å². The number of nitrogens with zero attached hydrogens (tertiary/aromatic N) is 3. The van der Waals surface area contributed by atoms with Crippen LogP contribution >= 0.6 is 0 Å². The predicted molar refractivity (Wildman–Crippen MR) is 68.8 cm³/mol. The molecule has 2 aromatic rings. The number of benzene rings is 1. The molecule has 0 saturated carbocycles. The molecular formula is C13H18N4. The number of para-hydroxylation sites is 1. The highest BCUT2D eigenvalue weighted by Gasteiger charge is 2.08. The summed E-state index contributed by atoms with van der Waals surface area (Å²) in [5.41, 5.74) is 5.55. The van der Waals surface area contributed by atoms with Crippen molar-refractivity contribution in [2.45, 2.75) is 13.0 Å². The summed E-state index contributed by atoms with van der Waals surface area (Å²) < 4.78 is 1.89. The Balaban J connectivity index is 2.16. The average molecular weight is 230 g/mol. The van der Waals surface area contributed by atoms with E-state index in [1.807, 2.05) is 60.3 Å². The zero-order chi connectivity index (χ0) is 12.3. The first-order valence-corrected chi connectivity index (χ1v) is 5.70. The van der Waals surface area contributed by atoms with Crippen molar-refractivity contribution >= 4 is 0 Å². The van der Waals surface area contributed by atoms with Gasteiger partial charge >= 0.3 is 0 Å². The Morgan fingerprint density at radius 3 is 2.59 bits per heavy atom. The molecule has 4 heteroatoms. The molecule has 0 aliphatic heterocycles. The van der Waals surface area contributed by atoms with Gasteiger partial charge in [-0.3, -0.25) is 5.01 Å². The van der Waals surface area contributed by atoms with Crippen LogP contribution in [-0.4, -0.2) is 28.9 Å². The Hall–Kier alpha value is -1.65. The molecule has 0 amide bonds. The van der Waals surface area contributed by atoms with Crippen LogP contribution in [0.5, 0.6) is 0 Å². The molecule has 1 heterocycles. The Morgan fingerprint density at radius 2 is 1.94 bits per heavy atom. The van der Waals surface area contributed by atoms with Gasteiger partial charge in [0.25, 0.3) is 0 Å². The number of rotatable bonds is 4. The van der Waals surface area contributed by atoms with Gasteiger partial charge in [0.1, 0.15) is 0 Å². The van der Waals surface area contributed by atoms with Crippen molar-refractivity contribution in [2.75, 3.05) is 14.1 Å². The molecule has 1 atom stereocenters. The number of hydrogen-bond acceptors (Lipinski definition) is 3. The third-order valence-corrected chi connectivity index (χ3v) is 2.58. The predicted octanol–water partition coefficient (Wildman–Crippen LogP) is 2.00. The Kier molecular flexibility index (Phi) is 3.56. The van der Waals surface area contributed by atoms with E-state index in [4.69, 9.17) is 0 Å². The first-order valence-electron chi connectivity index (χ1n) is 5.70. The number of nitrogens with one attached hydrogen (secondary N) is 1. The summed E-state index contributed by atoms with van der Waals surface area (Å²) in [4.78, 5) is 0. The largest absolute Gasteiger partial charge is 0.250 e. The lowest BCUT2D eigenvalue weighted by atomic mass is 10.2. The molecule has 0 radical (unpaired) electrons. The topological polar surface area (TPSA) is 33.1 Å². The standard InChI is InChI=1S/C13H18N4/c1-11(15-16(2)3)12-9-14-17(10-12)13-7-5-4-6-8-13/h4-11,15H,1-3H3. The molecule has 1 N–H and O–H groups in total. The summed E-state index contributed by atoms with van der Waals surface area (Å²) in [6, 6.07) is 10.4. The van der Waals surface area contributed by atoms with Crippen molar-refractivity contribution in [3.8, 4) is 5.69 Å². The minimum atomic E-state index is 0.252. The van der Waals surface area contributed by atoms with Crippen molar-refractivity contribution in [3.63, 3.8) is 0 Å². The minimum absolute atomic E-state index is 0.252. The Labute approximate surface area is 102 Å². The van der Waals surface area contributed by atoms with Gasteiger partial charge in [-0.05, 0) is 19.1 Å². The van der Waals surface area contributed by atoms with Crippen LogP contribution in [0.2, 0.25) is 0 Å². The summed E-state index contributed by atoms with van der Waals surface area (Å²) in [6.45, 7) is 2.12. The second-order valence-electron chi connectivity index (χ2n) is 4.30. The van der Waals surface area contributed by atoms with Gasteiger partial charge in [-0.25, -0.2) is 10.1 Å². The van der Waals surface area contributed by atoms with E-state index in [1.165, 1.54) is 5.56 Å². The number of hydrogen-bond donors (Lipinski definition) is 1. The maximum absolute atomic E-state index is 4.37. The summed E-state index contributed by atoms with van der Waals surface area (Å²) in [7, 11) is 3.97. The molecule has 0 bridgehead atoms. The molecule has 2 rings (SSSR count). The third kappa shape index (κ3) is 2.93. The first kappa shape index (κ1) is 11.8. The lowest BCUT2D eigenvalue weighted by Gasteiger charge is -2.17. The molecule has 0 fully saturated rings. The van der Waals surface area contributed by atoms with E-state index in [1.54, 1.807) is 0 Å². The smallest absolute Gasteiger partial charge is 0.0645 e. The lowest BCUT2D eigenvalue weighted by molar-refractivity contribution is 0.252. The molecule has 0 aliphatic rings. The molecule has 90 valence electrons. The van der Waals surface area contributed by atoms with Gasteiger partial charge in [0.05, 0.1) is 11.9 Å². The fraction of sp³-hybridized carbons (Fsp3) is 0.308. The van der Waals surface area contributed by atoms with Crippen molar-refractivity contribution in [1.29, 1.82) is 0 Å². The average Bonchev–Trinajstić information content (AvgIpc) is 2.78. The molecule has 1 aromatic carbocycles. The van der Waals surface area contributed by atoms with E-state index in [0.29, 0.717) is 0 Å². The maximum Gasteiger partial charge on any atom is 0.0645 e. The zero-order valence-electron chi connectivity index (χ0n) is 10.5. The zero-order valence-corrected chi connectivity index (χ0v) is 10.5. The van der Waals surface area contributed by atoms with Crippen LogP contribution in [0.4, 0.5) is 0 Å². The summed E-state index contributed by atoms with van der Waals surface area (Å²) in [5, 5.41) is 6.32.